The molecule has 1 aliphatic carbocycles. The number of piperazine rings is 1. The minimum absolute atomic E-state index is 0.0564. The molecule has 1 saturated heterocycles. The van der Waals surface area contributed by atoms with Crippen LogP contribution in [0.15, 0.2) is 54.7 Å². The van der Waals surface area contributed by atoms with Crippen LogP contribution in [0.2, 0.25) is 5.02 Å². The van der Waals surface area contributed by atoms with Gasteiger partial charge in [-0.15, -0.1) is 0 Å². The average molecular weight is 509 g/mol. The summed E-state index contributed by atoms with van der Waals surface area (Å²) >= 11 is 6.16. The Bertz CT molecular complexity index is 1260. The zero-order valence-electron chi connectivity index (χ0n) is 19.7. The molecule has 0 amide bonds. The van der Waals surface area contributed by atoms with E-state index in [1.807, 2.05) is 24.3 Å². The van der Waals surface area contributed by atoms with Crippen LogP contribution in [-0.2, 0) is 11.2 Å². The molecule has 0 radical (unpaired) electrons. The first-order chi connectivity index (χ1) is 17.5. The van der Waals surface area contributed by atoms with Gasteiger partial charge in [0.05, 0.1) is 16.8 Å². The lowest BCUT2D eigenvalue weighted by Crippen LogP contribution is -2.48. The Morgan fingerprint density at radius 1 is 1.08 bits per heavy atom. The molecule has 2 heterocycles. The Labute approximate surface area is 213 Å². The second kappa shape index (κ2) is 10.7. The summed E-state index contributed by atoms with van der Waals surface area (Å²) < 4.78 is 18.3. The highest BCUT2D eigenvalue weighted by atomic mass is 35.5. The third-order valence-electron chi connectivity index (χ3n) is 6.72. The van der Waals surface area contributed by atoms with Crippen LogP contribution in [0.4, 0.5) is 10.3 Å². The highest BCUT2D eigenvalue weighted by Crippen LogP contribution is 2.33. The summed E-state index contributed by atoms with van der Waals surface area (Å²) in [7, 11) is 0. The fourth-order valence-electron chi connectivity index (χ4n) is 4.69. The fraction of sp³-hybridized carbons (Fsp3) is 0.333. The molecule has 0 spiro atoms. The van der Waals surface area contributed by atoms with Crippen molar-refractivity contribution in [3.05, 3.63) is 88.0 Å². The SMILES string of the molecule is O=C(OCCN1CCN(c2ncc3c(n2)CC(c2cccc(Cl)c2)CC3=O)CC1)c1ccc(F)cc1. The van der Waals surface area contributed by atoms with Crippen molar-refractivity contribution in [2.75, 3.05) is 44.2 Å². The van der Waals surface area contributed by atoms with Crippen LogP contribution >= 0.6 is 11.6 Å². The lowest BCUT2D eigenvalue weighted by atomic mass is 9.82. The molecule has 1 atom stereocenters. The lowest BCUT2D eigenvalue weighted by Gasteiger charge is -2.35. The van der Waals surface area contributed by atoms with Crippen molar-refractivity contribution in [2.45, 2.75) is 18.8 Å². The predicted octanol–water partition coefficient (Wildman–Crippen LogP) is 4.16. The normalized spacial score (nSPS) is 18.1. The number of ketones is 1. The Kier molecular flexibility index (Phi) is 7.25. The topological polar surface area (TPSA) is 75.6 Å². The summed E-state index contributed by atoms with van der Waals surface area (Å²) in [5.41, 5.74) is 2.78. The van der Waals surface area contributed by atoms with E-state index in [4.69, 9.17) is 21.3 Å². The molecule has 1 aromatic heterocycles. The first kappa shape index (κ1) is 24.3. The van der Waals surface area contributed by atoms with Crippen LogP contribution in [0.1, 0.15) is 44.3 Å². The molecule has 0 saturated carbocycles. The number of hydrogen-bond donors (Lipinski definition) is 0. The Morgan fingerprint density at radius 2 is 1.86 bits per heavy atom. The highest BCUT2D eigenvalue weighted by molar-refractivity contribution is 6.30. The number of carbonyl (C=O) groups excluding carboxylic acids is 2. The van der Waals surface area contributed by atoms with Crippen molar-refractivity contribution in [1.29, 1.82) is 0 Å². The van der Waals surface area contributed by atoms with Gasteiger partial charge >= 0.3 is 5.97 Å². The van der Waals surface area contributed by atoms with Crippen molar-refractivity contribution in [3.63, 3.8) is 0 Å². The maximum atomic E-state index is 13.0. The maximum Gasteiger partial charge on any atom is 0.338 e. The van der Waals surface area contributed by atoms with Crippen LogP contribution in [-0.4, -0.2) is 66.0 Å². The molecule has 1 fully saturated rings. The summed E-state index contributed by atoms with van der Waals surface area (Å²) in [5.74, 6) is -0.0917. The van der Waals surface area contributed by atoms with Crippen molar-refractivity contribution >= 4 is 29.3 Å². The van der Waals surface area contributed by atoms with E-state index < -0.39 is 5.97 Å². The van der Waals surface area contributed by atoms with E-state index in [-0.39, 0.29) is 24.1 Å². The van der Waals surface area contributed by atoms with Gasteiger partial charge in [-0.3, -0.25) is 9.69 Å². The molecular formula is C27H26ClFN4O3. The molecule has 5 rings (SSSR count). The van der Waals surface area contributed by atoms with Crippen molar-refractivity contribution in [1.82, 2.24) is 14.9 Å². The van der Waals surface area contributed by atoms with E-state index in [9.17, 15) is 14.0 Å². The Morgan fingerprint density at radius 3 is 2.61 bits per heavy atom. The van der Waals surface area contributed by atoms with Crippen LogP contribution in [0.5, 0.6) is 0 Å². The quantitative estimate of drug-likeness (QED) is 0.463. The van der Waals surface area contributed by atoms with E-state index in [1.165, 1.54) is 24.3 Å². The summed E-state index contributed by atoms with van der Waals surface area (Å²) in [6.07, 6.45) is 2.77. The predicted molar refractivity (Wildman–Crippen MR) is 134 cm³/mol. The Balaban J connectivity index is 1.15. The van der Waals surface area contributed by atoms with Gasteiger partial charge in [0, 0.05) is 50.4 Å². The largest absolute Gasteiger partial charge is 0.461 e. The second-order valence-electron chi connectivity index (χ2n) is 9.09. The van der Waals surface area contributed by atoms with Crippen LogP contribution in [0.3, 0.4) is 0 Å². The smallest absolute Gasteiger partial charge is 0.338 e. The van der Waals surface area contributed by atoms with Crippen LogP contribution in [0, 0.1) is 5.82 Å². The number of esters is 1. The molecule has 7 nitrogen and oxygen atoms in total. The van der Waals surface area contributed by atoms with Crippen LogP contribution < -0.4 is 4.90 Å². The van der Waals surface area contributed by atoms with E-state index in [1.54, 1.807) is 6.20 Å². The van der Waals surface area contributed by atoms with E-state index >= 15 is 0 Å². The van der Waals surface area contributed by atoms with Gasteiger partial charge in [-0.1, -0.05) is 23.7 Å². The van der Waals surface area contributed by atoms with Crippen molar-refractivity contribution in [3.8, 4) is 0 Å². The molecule has 1 aliphatic heterocycles. The van der Waals surface area contributed by atoms with Gasteiger partial charge in [-0.25, -0.2) is 19.2 Å². The van der Waals surface area contributed by atoms with Crippen molar-refractivity contribution < 1.29 is 18.7 Å². The number of fused-ring (bicyclic) bond motifs is 1. The number of hydrogen-bond acceptors (Lipinski definition) is 7. The lowest BCUT2D eigenvalue weighted by molar-refractivity contribution is 0.0459. The third-order valence-corrected chi connectivity index (χ3v) is 6.96. The number of Topliss-reactive ketones (excluding diaryl/α,β-unsaturated/α-hetero) is 1. The van der Waals surface area contributed by atoms with Crippen molar-refractivity contribution in [2.24, 2.45) is 0 Å². The number of carbonyl (C=O) groups is 2. The van der Waals surface area contributed by atoms with Gasteiger partial charge in [-0.05, 0) is 54.3 Å². The summed E-state index contributed by atoms with van der Waals surface area (Å²) in [6.45, 7) is 3.89. The standard InChI is InChI=1S/C27H26ClFN4O3/c28-21-3-1-2-19(14-21)20-15-24-23(25(34)16-20)17-30-27(31-24)33-10-8-32(9-11-33)12-13-36-26(35)18-4-6-22(29)7-5-18/h1-7,14,17,20H,8-13,15-16H2. The Hall–Kier alpha value is -3.36. The van der Waals surface area contributed by atoms with Gasteiger partial charge in [-0.2, -0.15) is 0 Å². The molecule has 2 aliphatic rings. The molecular weight excluding hydrogens is 483 g/mol. The molecule has 1 unspecified atom stereocenters. The summed E-state index contributed by atoms with van der Waals surface area (Å²) in [5, 5.41) is 0.664. The van der Waals surface area contributed by atoms with E-state index in [2.05, 4.69) is 14.8 Å². The number of anilines is 1. The number of nitrogens with zero attached hydrogens (tertiary/aromatic N) is 4. The molecule has 0 N–H and O–H groups in total. The van der Waals surface area contributed by atoms with Gasteiger partial charge in [0.2, 0.25) is 5.95 Å². The third kappa shape index (κ3) is 5.55. The number of aromatic nitrogens is 2. The maximum absolute atomic E-state index is 13.0. The minimum atomic E-state index is -0.457. The minimum Gasteiger partial charge on any atom is -0.461 e. The van der Waals surface area contributed by atoms with Crippen LogP contribution in [0.25, 0.3) is 0 Å². The molecule has 36 heavy (non-hydrogen) atoms. The highest BCUT2D eigenvalue weighted by Gasteiger charge is 2.29. The second-order valence-corrected chi connectivity index (χ2v) is 9.52. The number of benzene rings is 2. The van der Waals surface area contributed by atoms with Gasteiger partial charge < -0.3 is 9.64 Å². The fourth-order valence-corrected chi connectivity index (χ4v) is 4.89. The molecule has 9 heteroatoms. The summed E-state index contributed by atoms with van der Waals surface area (Å²) in [6, 6.07) is 13.0. The average Bonchev–Trinajstić information content (AvgIpc) is 2.89. The zero-order valence-corrected chi connectivity index (χ0v) is 20.5. The number of rotatable bonds is 6. The zero-order chi connectivity index (χ0) is 25.1. The summed E-state index contributed by atoms with van der Waals surface area (Å²) in [4.78, 5) is 38.4. The van der Waals surface area contributed by atoms with Gasteiger partial charge in [0.15, 0.2) is 5.78 Å². The molecule has 2 aromatic carbocycles. The van der Waals surface area contributed by atoms with Gasteiger partial charge in [0.1, 0.15) is 12.4 Å². The van der Waals surface area contributed by atoms with E-state index in [0.29, 0.717) is 41.5 Å². The number of halogens is 2. The molecule has 186 valence electrons. The molecule has 0 bridgehead atoms. The van der Waals surface area contributed by atoms with Gasteiger partial charge in [0.25, 0.3) is 0 Å². The monoisotopic (exact) mass is 508 g/mol. The first-order valence-electron chi connectivity index (χ1n) is 12.0. The van der Waals surface area contributed by atoms with E-state index in [0.717, 1.165) is 37.4 Å². The first-order valence-corrected chi connectivity index (χ1v) is 12.4. The number of ether oxygens (including phenoxy) is 1. The molecule has 3 aromatic rings.